The van der Waals surface area contributed by atoms with Crippen molar-refractivity contribution < 1.29 is 9.53 Å². The Balaban J connectivity index is 1.43. The number of carbonyl (C=O) groups excluding carboxylic acids is 1. The van der Waals surface area contributed by atoms with Crippen LogP contribution in [0.15, 0.2) is 48.8 Å². The predicted molar refractivity (Wildman–Crippen MR) is 99.7 cm³/mol. The largest absolute Gasteiger partial charge is 0.497 e. The van der Waals surface area contributed by atoms with Gasteiger partial charge in [-0.2, -0.15) is 0 Å². The van der Waals surface area contributed by atoms with Gasteiger partial charge in [-0.25, -0.2) is 0 Å². The third-order valence-corrected chi connectivity index (χ3v) is 5.33. The first kappa shape index (κ1) is 17.0. The number of amides is 1. The van der Waals surface area contributed by atoms with Gasteiger partial charge in [0, 0.05) is 43.9 Å². The Hall–Kier alpha value is -2.40. The molecule has 1 saturated heterocycles. The van der Waals surface area contributed by atoms with Crippen LogP contribution >= 0.6 is 0 Å². The van der Waals surface area contributed by atoms with E-state index >= 15 is 0 Å². The molecule has 0 bridgehead atoms. The molecule has 5 nitrogen and oxygen atoms in total. The average molecular weight is 351 g/mol. The molecule has 1 aromatic heterocycles. The van der Waals surface area contributed by atoms with E-state index in [0.717, 1.165) is 37.2 Å². The van der Waals surface area contributed by atoms with Crippen molar-refractivity contribution >= 4 is 5.91 Å². The van der Waals surface area contributed by atoms with Crippen LogP contribution in [-0.4, -0.2) is 35.5 Å². The Kier molecular flexibility index (Phi) is 4.89. The molecule has 0 unspecified atom stereocenters. The van der Waals surface area contributed by atoms with Crippen molar-refractivity contribution in [3.8, 4) is 5.75 Å². The van der Waals surface area contributed by atoms with Gasteiger partial charge in [0.1, 0.15) is 5.75 Å². The molecule has 1 N–H and O–H groups in total. The van der Waals surface area contributed by atoms with Crippen LogP contribution in [0.1, 0.15) is 36.4 Å². The highest BCUT2D eigenvalue weighted by atomic mass is 16.5. The Morgan fingerprint density at radius 1 is 1.23 bits per heavy atom. The maximum Gasteiger partial charge on any atom is 0.223 e. The summed E-state index contributed by atoms with van der Waals surface area (Å²) >= 11 is 0. The average Bonchev–Trinajstić information content (AvgIpc) is 3.46. The SMILES string of the molecule is COc1ccc(CNC[C@@H]2CC(=O)N(C3CC3)[C@H]2c2cccnc2)cc1. The van der Waals surface area contributed by atoms with Crippen molar-refractivity contribution in [2.75, 3.05) is 13.7 Å². The second-order valence-electron chi connectivity index (χ2n) is 7.21. The van der Waals surface area contributed by atoms with Crippen LogP contribution in [-0.2, 0) is 11.3 Å². The van der Waals surface area contributed by atoms with Crippen LogP contribution in [0.5, 0.6) is 5.75 Å². The Morgan fingerprint density at radius 2 is 2.04 bits per heavy atom. The molecule has 26 heavy (non-hydrogen) atoms. The molecule has 0 spiro atoms. The topological polar surface area (TPSA) is 54.5 Å². The summed E-state index contributed by atoms with van der Waals surface area (Å²) in [5, 5.41) is 3.54. The number of nitrogens with one attached hydrogen (secondary N) is 1. The number of benzene rings is 1. The van der Waals surface area contributed by atoms with Gasteiger partial charge in [-0.15, -0.1) is 0 Å². The van der Waals surface area contributed by atoms with Gasteiger partial charge < -0.3 is 15.0 Å². The number of rotatable bonds is 7. The number of likely N-dealkylation sites (tertiary alicyclic amines) is 1. The molecule has 2 fully saturated rings. The summed E-state index contributed by atoms with van der Waals surface area (Å²) in [6.07, 6.45) is 6.59. The van der Waals surface area contributed by atoms with Crippen LogP contribution in [0.3, 0.4) is 0 Å². The number of pyridine rings is 1. The molecule has 2 aromatic rings. The summed E-state index contributed by atoms with van der Waals surface area (Å²) in [5.41, 5.74) is 2.37. The van der Waals surface area contributed by atoms with Crippen molar-refractivity contribution in [1.29, 1.82) is 0 Å². The number of methoxy groups -OCH3 is 1. The predicted octanol–water partition coefficient (Wildman–Crippen LogP) is 2.93. The first-order valence-electron chi connectivity index (χ1n) is 9.31. The summed E-state index contributed by atoms with van der Waals surface area (Å²) in [6.45, 7) is 1.61. The van der Waals surface area contributed by atoms with E-state index in [1.54, 1.807) is 13.3 Å². The molecule has 0 radical (unpaired) electrons. The molecule has 2 atom stereocenters. The fourth-order valence-corrected chi connectivity index (χ4v) is 3.92. The highest BCUT2D eigenvalue weighted by molar-refractivity contribution is 5.80. The van der Waals surface area contributed by atoms with E-state index < -0.39 is 0 Å². The molecule has 136 valence electrons. The van der Waals surface area contributed by atoms with Crippen molar-refractivity contribution in [2.45, 2.75) is 37.9 Å². The van der Waals surface area contributed by atoms with Gasteiger partial charge in [-0.05, 0) is 42.2 Å². The lowest BCUT2D eigenvalue weighted by molar-refractivity contribution is -0.129. The highest BCUT2D eigenvalue weighted by Crippen LogP contribution is 2.44. The minimum atomic E-state index is 0.145. The number of aromatic nitrogens is 1. The minimum Gasteiger partial charge on any atom is -0.497 e. The number of carbonyl (C=O) groups is 1. The van der Waals surface area contributed by atoms with Crippen LogP contribution in [0.4, 0.5) is 0 Å². The monoisotopic (exact) mass is 351 g/mol. The van der Waals surface area contributed by atoms with Crippen molar-refractivity contribution in [3.05, 3.63) is 59.9 Å². The maximum absolute atomic E-state index is 12.6. The van der Waals surface area contributed by atoms with E-state index in [9.17, 15) is 4.79 Å². The normalized spacial score (nSPS) is 22.7. The number of nitrogens with zero attached hydrogens (tertiary/aromatic N) is 2. The molecule has 4 rings (SSSR count). The number of hydrogen-bond acceptors (Lipinski definition) is 4. The molecule has 2 heterocycles. The van der Waals surface area contributed by atoms with E-state index in [-0.39, 0.29) is 17.9 Å². The zero-order valence-electron chi connectivity index (χ0n) is 15.1. The third-order valence-electron chi connectivity index (χ3n) is 5.33. The van der Waals surface area contributed by atoms with Gasteiger partial charge in [0.25, 0.3) is 0 Å². The lowest BCUT2D eigenvalue weighted by Gasteiger charge is -2.28. The maximum atomic E-state index is 12.6. The number of ether oxygens (including phenoxy) is 1. The van der Waals surface area contributed by atoms with Gasteiger partial charge in [0.05, 0.1) is 13.2 Å². The van der Waals surface area contributed by atoms with E-state index in [1.807, 2.05) is 24.4 Å². The Morgan fingerprint density at radius 3 is 2.69 bits per heavy atom. The summed E-state index contributed by atoms with van der Waals surface area (Å²) in [7, 11) is 1.68. The van der Waals surface area contributed by atoms with E-state index in [2.05, 4.69) is 33.4 Å². The molecule has 5 heteroatoms. The smallest absolute Gasteiger partial charge is 0.223 e. The number of hydrogen-bond donors (Lipinski definition) is 1. The van der Waals surface area contributed by atoms with Crippen molar-refractivity contribution in [3.63, 3.8) is 0 Å². The van der Waals surface area contributed by atoms with Crippen molar-refractivity contribution in [2.24, 2.45) is 5.92 Å². The summed E-state index contributed by atoms with van der Waals surface area (Å²) < 4.78 is 5.20. The van der Waals surface area contributed by atoms with E-state index in [0.29, 0.717) is 12.5 Å². The second-order valence-corrected chi connectivity index (χ2v) is 7.21. The van der Waals surface area contributed by atoms with Crippen LogP contribution in [0, 0.1) is 5.92 Å². The molecule has 2 aliphatic rings. The van der Waals surface area contributed by atoms with Crippen LogP contribution in [0.2, 0.25) is 0 Å². The third kappa shape index (κ3) is 3.58. The second kappa shape index (κ2) is 7.46. The Bertz CT molecular complexity index is 744. The zero-order valence-corrected chi connectivity index (χ0v) is 15.1. The first-order valence-corrected chi connectivity index (χ1v) is 9.31. The Labute approximate surface area is 154 Å². The fourth-order valence-electron chi connectivity index (χ4n) is 3.92. The fraction of sp³-hybridized carbons (Fsp3) is 0.429. The highest BCUT2D eigenvalue weighted by Gasteiger charge is 2.46. The summed E-state index contributed by atoms with van der Waals surface area (Å²) in [4.78, 5) is 19.0. The molecular weight excluding hydrogens is 326 g/mol. The van der Waals surface area contributed by atoms with Gasteiger partial charge in [-0.1, -0.05) is 18.2 Å². The molecule has 1 amide bonds. The molecule has 1 aromatic carbocycles. The van der Waals surface area contributed by atoms with E-state index in [1.165, 1.54) is 5.56 Å². The zero-order chi connectivity index (χ0) is 17.9. The standard InChI is InChI=1S/C21H25N3O2/c1-26-19-8-4-15(5-9-19)12-23-14-17-11-20(25)24(18-6-7-18)21(17)16-3-2-10-22-13-16/h2-5,8-10,13,17-18,21,23H,6-7,11-12,14H2,1H3/t17-,21-/m0/s1. The quantitative estimate of drug-likeness (QED) is 0.833. The lowest BCUT2D eigenvalue weighted by atomic mass is 9.94. The first-order chi connectivity index (χ1) is 12.8. The summed E-state index contributed by atoms with van der Waals surface area (Å²) in [6, 6.07) is 12.7. The summed E-state index contributed by atoms with van der Waals surface area (Å²) in [5.74, 6) is 1.44. The van der Waals surface area contributed by atoms with Crippen molar-refractivity contribution in [1.82, 2.24) is 15.2 Å². The van der Waals surface area contributed by atoms with Gasteiger partial charge in [0.2, 0.25) is 5.91 Å². The van der Waals surface area contributed by atoms with Gasteiger partial charge in [0.15, 0.2) is 0 Å². The van der Waals surface area contributed by atoms with Crippen LogP contribution < -0.4 is 10.1 Å². The molecule has 1 aliphatic heterocycles. The molecular formula is C21H25N3O2. The minimum absolute atomic E-state index is 0.145. The molecule has 1 saturated carbocycles. The van der Waals surface area contributed by atoms with Gasteiger partial charge in [-0.3, -0.25) is 9.78 Å². The lowest BCUT2D eigenvalue weighted by Crippen LogP contribution is -2.33. The van der Waals surface area contributed by atoms with E-state index in [4.69, 9.17) is 4.74 Å². The van der Waals surface area contributed by atoms with Gasteiger partial charge >= 0.3 is 0 Å². The molecule has 1 aliphatic carbocycles. The van der Waals surface area contributed by atoms with Crippen LogP contribution in [0.25, 0.3) is 0 Å².